The molecule has 0 spiro atoms. The number of esters is 1. The van der Waals surface area contributed by atoms with Crippen molar-refractivity contribution >= 4 is 52.0 Å². The van der Waals surface area contributed by atoms with Crippen molar-refractivity contribution in [2.24, 2.45) is 0 Å². The van der Waals surface area contributed by atoms with Gasteiger partial charge in [-0.1, -0.05) is 47.1 Å². The number of ether oxygens (including phenoxy) is 2. The molecular weight excluding hydrogens is 385 g/mol. The molecule has 0 N–H and O–H groups in total. The van der Waals surface area contributed by atoms with E-state index in [0.29, 0.717) is 26.6 Å². The highest BCUT2D eigenvalue weighted by molar-refractivity contribution is 7.99. The van der Waals surface area contributed by atoms with Crippen LogP contribution in [0.25, 0.3) is 11.1 Å². The Morgan fingerprint density at radius 1 is 1.16 bits per heavy atom. The van der Waals surface area contributed by atoms with Gasteiger partial charge >= 0.3 is 5.97 Å². The molecule has 1 heterocycles. The van der Waals surface area contributed by atoms with E-state index < -0.39 is 0 Å². The third-order valence-corrected chi connectivity index (χ3v) is 4.42. The highest BCUT2D eigenvalue weighted by Gasteiger charge is 2.10. The molecule has 3 aromatic rings. The Bertz CT molecular complexity index is 851. The Labute approximate surface area is 158 Å². The first kappa shape index (κ1) is 17.9. The lowest BCUT2D eigenvalue weighted by atomic mass is 10.3. The summed E-state index contributed by atoms with van der Waals surface area (Å²) in [6.07, 6.45) is 0. The van der Waals surface area contributed by atoms with E-state index in [2.05, 4.69) is 4.98 Å². The number of hydrogen-bond donors (Lipinski definition) is 0. The maximum absolute atomic E-state index is 11.7. The summed E-state index contributed by atoms with van der Waals surface area (Å²) >= 11 is 13.0. The molecule has 0 saturated heterocycles. The predicted molar refractivity (Wildman–Crippen MR) is 97.6 cm³/mol. The second-order valence-electron chi connectivity index (χ2n) is 4.88. The molecule has 0 atom stereocenters. The van der Waals surface area contributed by atoms with Crippen molar-refractivity contribution in [2.45, 2.75) is 5.22 Å². The van der Waals surface area contributed by atoms with E-state index in [1.807, 2.05) is 24.3 Å². The van der Waals surface area contributed by atoms with Gasteiger partial charge in [-0.25, -0.2) is 4.98 Å². The van der Waals surface area contributed by atoms with Crippen molar-refractivity contribution in [3.63, 3.8) is 0 Å². The van der Waals surface area contributed by atoms with Crippen molar-refractivity contribution < 1.29 is 18.7 Å². The average molecular weight is 398 g/mol. The summed E-state index contributed by atoms with van der Waals surface area (Å²) in [7, 11) is 0. The number of fused-ring (bicyclic) bond motifs is 1. The van der Waals surface area contributed by atoms with E-state index in [-0.39, 0.29) is 24.9 Å². The Balaban J connectivity index is 1.39. The van der Waals surface area contributed by atoms with Crippen LogP contribution in [0.2, 0.25) is 10.0 Å². The number of para-hydroxylation sites is 2. The van der Waals surface area contributed by atoms with Gasteiger partial charge in [0.25, 0.3) is 5.22 Å². The summed E-state index contributed by atoms with van der Waals surface area (Å²) in [4.78, 5) is 16.0. The quantitative estimate of drug-likeness (QED) is 0.322. The zero-order chi connectivity index (χ0) is 17.6. The topological polar surface area (TPSA) is 61.6 Å². The summed E-state index contributed by atoms with van der Waals surface area (Å²) < 4.78 is 16.1. The average Bonchev–Trinajstić information content (AvgIpc) is 3.01. The van der Waals surface area contributed by atoms with Gasteiger partial charge in [-0.05, 0) is 30.3 Å². The lowest BCUT2D eigenvalue weighted by Crippen LogP contribution is -2.13. The fourth-order valence-electron chi connectivity index (χ4n) is 1.97. The van der Waals surface area contributed by atoms with Crippen LogP contribution in [0.15, 0.2) is 52.1 Å². The molecule has 2 aromatic carbocycles. The molecule has 1 aromatic heterocycles. The Kier molecular flexibility index (Phi) is 6.07. The molecule has 25 heavy (non-hydrogen) atoms. The summed E-state index contributed by atoms with van der Waals surface area (Å²) in [5.74, 6) is 0.218. The van der Waals surface area contributed by atoms with Crippen molar-refractivity contribution in [1.29, 1.82) is 0 Å². The standard InChI is InChI=1S/C17H13Cl2NO4S/c18-11-5-6-14(12(19)9-11)22-7-8-23-16(21)10-25-17-20-13-3-1-2-4-15(13)24-17/h1-6,9H,7-8,10H2. The van der Waals surface area contributed by atoms with Crippen molar-refractivity contribution in [3.8, 4) is 5.75 Å². The van der Waals surface area contributed by atoms with Crippen molar-refractivity contribution in [3.05, 3.63) is 52.5 Å². The normalized spacial score (nSPS) is 10.8. The highest BCUT2D eigenvalue weighted by atomic mass is 35.5. The number of halogens is 2. The van der Waals surface area contributed by atoms with Crippen LogP contribution in [0.3, 0.4) is 0 Å². The molecule has 3 rings (SSSR count). The summed E-state index contributed by atoms with van der Waals surface area (Å²) in [6, 6.07) is 12.3. The van der Waals surface area contributed by atoms with Crippen LogP contribution in [0.4, 0.5) is 0 Å². The number of carbonyl (C=O) groups excluding carboxylic acids is 1. The van der Waals surface area contributed by atoms with Crippen LogP contribution < -0.4 is 4.74 Å². The molecule has 130 valence electrons. The zero-order valence-electron chi connectivity index (χ0n) is 12.9. The monoisotopic (exact) mass is 397 g/mol. The zero-order valence-corrected chi connectivity index (χ0v) is 15.2. The van der Waals surface area contributed by atoms with Crippen LogP contribution in [0.1, 0.15) is 0 Å². The van der Waals surface area contributed by atoms with Gasteiger partial charge in [0, 0.05) is 5.02 Å². The molecular formula is C17H13Cl2NO4S. The molecule has 0 saturated carbocycles. The second-order valence-corrected chi connectivity index (χ2v) is 6.65. The van der Waals surface area contributed by atoms with E-state index in [9.17, 15) is 4.79 Å². The fraction of sp³-hybridized carbons (Fsp3) is 0.176. The van der Waals surface area contributed by atoms with Gasteiger partial charge in [-0.15, -0.1) is 0 Å². The lowest BCUT2D eigenvalue weighted by Gasteiger charge is -2.08. The van der Waals surface area contributed by atoms with Crippen molar-refractivity contribution in [1.82, 2.24) is 4.98 Å². The predicted octanol–water partition coefficient (Wildman–Crippen LogP) is 4.85. The van der Waals surface area contributed by atoms with Gasteiger partial charge in [0.05, 0.1) is 5.02 Å². The van der Waals surface area contributed by atoms with E-state index in [1.54, 1.807) is 18.2 Å². The van der Waals surface area contributed by atoms with Gasteiger partial charge in [-0.2, -0.15) is 0 Å². The van der Waals surface area contributed by atoms with Crippen molar-refractivity contribution in [2.75, 3.05) is 19.0 Å². The molecule has 0 aliphatic carbocycles. The number of benzene rings is 2. The Hall–Kier alpha value is -1.89. The number of nitrogens with zero attached hydrogens (tertiary/aromatic N) is 1. The largest absolute Gasteiger partial charge is 0.488 e. The minimum atomic E-state index is -0.377. The molecule has 0 radical (unpaired) electrons. The number of hydrogen-bond acceptors (Lipinski definition) is 6. The molecule has 0 amide bonds. The van der Waals surface area contributed by atoms with E-state index >= 15 is 0 Å². The number of aromatic nitrogens is 1. The third-order valence-electron chi connectivity index (χ3n) is 3.09. The van der Waals surface area contributed by atoms with Gasteiger partial charge in [0.15, 0.2) is 5.58 Å². The maximum Gasteiger partial charge on any atom is 0.316 e. The molecule has 0 bridgehead atoms. The van der Waals surface area contributed by atoms with Crippen LogP contribution in [0, 0.1) is 0 Å². The SMILES string of the molecule is O=C(CSc1nc2ccccc2o1)OCCOc1ccc(Cl)cc1Cl. The van der Waals surface area contributed by atoms with Crippen LogP contribution in [0.5, 0.6) is 5.75 Å². The minimum absolute atomic E-state index is 0.106. The number of carbonyl (C=O) groups is 1. The Morgan fingerprint density at radius 2 is 2.00 bits per heavy atom. The number of rotatable bonds is 7. The summed E-state index contributed by atoms with van der Waals surface area (Å²) in [6.45, 7) is 0.312. The number of oxazole rings is 1. The second kappa shape index (κ2) is 8.47. The third kappa shape index (κ3) is 5.04. The minimum Gasteiger partial charge on any atom is -0.488 e. The molecule has 5 nitrogen and oxygen atoms in total. The fourth-order valence-corrected chi connectivity index (χ4v) is 3.07. The van der Waals surface area contributed by atoms with Gasteiger partial charge < -0.3 is 13.9 Å². The molecule has 8 heteroatoms. The lowest BCUT2D eigenvalue weighted by molar-refractivity contribution is -0.141. The molecule has 0 aliphatic rings. The van der Waals surface area contributed by atoms with Crippen LogP contribution >= 0.6 is 35.0 Å². The first-order valence-corrected chi connectivity index (χ1v) is 9.08. The van der Waals surface area contributed by atoms with E-state index in [4.69, 9.17) is 37.1 Å². The number of thioether (sulfide) groups is 1. The van der Waals surface area contributed by atoms with Gasteiger partial charge in [0.1, 0.15) is 30.2 Å². The smallest absolute Gasteiger partial charge is 0.316 e. The maximum atomic E-state index is 11.7. The summed E-state index contributed by atoms with van der Waals surface area (Å²) in [5, 5.41) is 1.37. The highest BCUT2D eigenvalue weighted by Crippen LogP contribution is 2.27. The van der Waals surface area contributed by atoms with Crippen LogP contribution in [-0.2, 0) is 9.53 Å². The van der Waals surface area contributed by atoms with Crippen LogP contribution in [-0.4, -0.2) is 29.9 Å². The first-order valence-electron chi connectivity index (χ1n) is 7.33. The first-order chi connectivity index (χ1) is 12.1. The summed E-state index contributed by atoms with van der Waals surface area (Å²) in [5.41, 5.74) is 1.44. The molecule has 0 fully saturated rings. The van der Waals surface area contributed by atoms with Gasteiger partial charge in [-0.3, -0.25) is 4.79 Å². The molecule has 0 aliphatic heterocycles. The van der Waals surface area contributed by atoms with E-state index in [1.165, 1.54) is 11.8 Å². The van der Waals surface area contributed by atoms with Gasteiger partial charge in [0.2, 0.25) is 0 Å². The Morgan fingerprint density at radius 3 is 2.80 bits per heavy atom. The molecule has 0 unspecified atom stereocenters. The van der Waals surface area contributed by atoms with E-state index in [0.717, 1.165) is 5.52 Å².